The maximum Gasteiger partial charge on any atom is 0.418 e. The highest BCUT2D eigenvalue weighted by Gasteiger charge is 2.35. The van der Waals surface area contributed by atoms with Crippen LogP contribution in [0.1, 0.15) is 12.0 Å². The Hall–Kier alpha value is -1.81. The van der Waals surface area contributed by atoms with Gasteiger partial charge in [0.1, 0.15) is 0 Å². The molecule has 0 aliphatic rings. The van der Waals surface area contributed by atoms with Crippen molar-refractivity contribution in [2.75, 3.05) is 18.5 Å². The minimum absolute atomic E-state index is 0.160. The Bertz CT molecular complexity index is 643. The highest BCUT2D eigenvalue weighted by molar-refractivity contribution is 7.89. The molecule has 0 unspecified atom stereocenters. The van der Waals surface area contributed by atoms with Crippen molar-refractivity contribution in [2.45, 2.75) is 17.5 Å². The molecule has 1 aromatic rings. The number of aliphatic carboxylic acids is 1. The Kier molecular flexibility index (Phi) is 4.84. The summed E-state index contributed by atoms with van der Waals surface area (Å²) in [5.74, 6) is -1.16. The van der Waals surface area contributed by atoms with Crippen molar-refractivity contribution in [2.24, 2.45) is 5.14 Å². The van der Waals surface area contributed by atoms with Crippen LogP contribution in [0.3, 0.4) is 0 Å². The van der Waals surface area contributed by atoms with E-state index in [1.807, 2.05) is 0 Å². The molecule has 0 atom stereocenters. The minimum Gasteiger partial charge on any atom is -0.481 e. The maximum absolute atomic E-state index is 13.0. The molecular formula is C11H13F3N2O4S. The lowest BCUT2D eigenvalue weighted by molar-refractivity contribution is -0.137. The number of hydrogen-bond donors (Lipinski definition) is 2. The predicted octanol–water partition coefficient (Wildman–Crippen LogP) is 1.26. The van der Waals surface area contributed by atoms with Gasteiger partial charge in [-0.1, -0.05) is 0 Å². The summed E-state index contributed by atoms with van der Waals surface area (Å²) in [6.45, 7) is -0.160. The predicted molar refractivity (Wildman–Crippen MR) is 68.3 cm³/mol. The topological polar surface area (TPSA) is 101 Å². The minimum atomic E-state index is -4.80. The van der Waals surface area contributed by atoms with Gasteiger partial charge in [-0.25, -0.2) is 13.6 Å². The fourth-order valence-corrected chi connectivity index (χ4v) is 2.18. The number of anilines is 1. The summed E-state index contributed by atoms with van der Waals surface area (Å²) in [5.41, 5.74) is -1.52. The van der Waals surface area contributed by atoms with E-state index in [4.69, 9.17) is 10.2 Å². The van der Waals surface area contributed by atoms with Crippen molar-refractivity contribution in [3.8, 4) is 0 Å². The zero-order chi connectivity index (χ0) is 16.4. The summed E-state index contributed by atoms with van der Waals surface area (Å²) < 4.78 is 61.2. The van der Waals surface area contributed by atoms with Gasteiger partial charge in [0.25, 0.3) is 0 Å². The van der Waals surface area contributed by atoms with E-state index >= 15 is 0 Å². The molecule has 10 heteroatoms. The monoisotopic (exact) mass is 326 g/mol. The molecule has 1 aromatic carbocycles. The van der Waals surface area contributed by atoms with E-state index in [9.17, 15) is 26.4 Å². The number of primary sulfonamides is 1. The van der Waals surface area contributed by atoms with Gasteiger partial charge in [-0.15, -0.1) is 0 Å². The standard InChI is InChI=1S/C11H13F3N2O4S/c1-16(5-4-10(17)18)9-3-2-7(21(15,19)20)6-8(9)11(12,13)14/h2-3,6H,4-5H2,1H3,(H,17,18)(H2,15,19,20). The largest absolute Gasteiger partial charge is 0.481 e. The second-order valence-corrected chi connectivity index (χ2v) is 5.85. The molecule has 1 rings (SSSR count). The molecule has 6 nitrogen and oxygen atoms in total. The van der Waals surface area contributed by atoms with Crippen LogP contribution in [0.4, 0.5) is 18.9 Å². The molecule has 0 saturated carbocycles. The Balaban J connectivity index is 3.29. The van der Waals surface area contributed by atoms with Crippen LogP contribution in [0.2, 0.25) is 0 Å². The summed E-state index contributed by atoms with van der Waals surface area (Å²) >= 11 is 0. The van der Waals surface area contributed by atoms with Gasteiger partial charge in [-0.05, 0) is 18.2 Å². The summed E-state index contributed by atoms with van der Waals surface area (Å²) in [7, 11) is -2.98. The quantitative estimate of drug-likeness (QED) is 0.848. The highest BCUT2D eigenvalue weighted by atomic mass is 32.2. The number of carboxylic acid groups (broad SMARTS) is 1. The molecule has 0 amide bonds. The van der Waals surface area contributed by atoms with Gasteiger partial charge >= 0.3 is 12.1 Å². The number of rotatable bonds is 5. The molecule has 0 aliphatic heterocycles. The summed E-state index contributed by atoms with van der Waals surface area (Å²) in [5, 5.41) is 13.4. The smallest absolute Gasteiger partial charge is 0.418 e. The van der Waals surface area contributed by atoms with E-state index in [2.05, 4.69) is 0 Å². The average molecular weight is 326 g/mol. The fraction of sp³-hybridized carbons (Fsp3) is 0.364. The van der Waals surface area contributed by atoms with Gasteiger partial charge in [0.2, 0.25) is 10.0 Å². The Morgan fingerprint density at radius 3 is 2.38 bits per heavy atom. The molecule has 0 aromatic heterocycles. The second kappa shape index (κ2) is 5.90. The van der Waals surface area contributed by atoms with Crippen LogP contribution in [0.15, 0.2) is 23.1 Å². The van der Waals surface area contributed by atoms with Crippen LogP contribution in [-0.4, -0.2) is 33.1 Å². The molecule has 0 fully saturated rings. The van der Waals surface area contributed by atoms with Gasteiger partial charge in [0.05, 0.1) is 16.9 Å². The van der Waals surface area contributed by atoms with Gasteiger partial charge in [-0.3, -0.25) is 4.79 Å². The van der Waals surface area contributed by atoms with E-state index in [-0.39, 0.29) is 18.7 Å². The van der Waals surface area contributed by atoms with E-state index in [0.717, 1.165) is 17.0 Å². The normalized spacial score (nSPS) is 12.2. The summed E-state index contributed by atoms with van der Waals surface area (Å²) in [6, 6.07) is 2.32. The first-order valence-corrected chi connectivity index (χ1v) is 7.14. The Morgan fingerprint density at radius 1 is 1.38 bits per heavy atom. The first-order valence-electron chi connectivity index (χ1n) is 5.60. The van der Waals surface area contributed by atoms with Crippen LogP contribution in [-0.2, 0) is 21.0 Å². The summed E-state index contributed by atoms with van der Waals surface area (Å²) in [6.07, 6.45) is -5.15. The van der Waals surface area contributed by atoms with Crippen molar-refractivity contribution < 1.29 is 31.5 Å². The summed E-state index contributed by atoms with van der Waals surface area (Å²) in [4.78, 5) is 10.9. The highest BCUT2D eigenvalue weighted by Crippen LogP contribution is 2.37. The van der Waals surface area contributed by atoms with Crippen molar-refractivity contribution in [3.63, 3.8) is 0 Å². The number of sulfonamides is 1. The lowest BCUT2D eigenvalue weighted by atomic mass is 10.1. The van der Waals surface area contributed by atoms with Crippen molar-refractivity contribution >= 4 is 21.7 Å². The average Bonchev–Trinajstić information content (AvgIpc) is 2.33. The first-order chi connectivity index (χ1) is 9.43. The van der Waals surface area contributed by atoms with Crippen LogP contribution in [0.5, 0.6) is 0 Å². The van der Waals surface area contributed by atoms with Crippen molar-refractivity contribution in [1.82, 2.24) is 0 Å². The van der Waals surface area contributed by atoms with E-state index in [1.54, 1.807) is 0 Å². The van der Waals surface area contributed by atoms with Gasteiger partial charge in [0.15, 0.2) is 0 Å². The Labute approximate surface area is 119 Å². The number of carboxylic acids is 1. The first kappa shape index (κ1) is 17.2. The SMILES string of the molecule is CN(CCC(=O)O)c1ccc(S(N)(=O)=O)cc1C(F)(F)F. The number of carbonyl (C=O) groups is 1. The van der Waals surface area contributed by atoms with Gasteiger partial charge < -0.3 is 10.0 Å². The van der Waals surface area contributed by atoms with Crippen LogP contribution in [0, 0.1) is 0 Å². The fourth-order valence-electron chi connectivity index (χ4n) is 1.64. The number of hydrogen-bond acceptors (Lipinski definition) is 4. The zero-order valence-electron chi connectivity index (χ0n) is 10.9. The maximum atomic E-state index is 13.0. The molecule has 0 radical (unpaired) electrons. The van der Waals surface area contributed by atoms with Gasteiger partial charge in [-0.2, -0.15) is 13.2 Å². The number of benzene rings is 1. The molecule has 0 bridgehead atoms. The number of nitrogens with zero attached hydrogens (tertiary/aromatic N) is 1. The molecular weight excluding hydrogens is 313 g/mol. The Morgan fingerprint density at radius 2 is 1.95 bits per heavy atom. The third-order valence-corrected chi connectivity index (χ3v) is 3.59. The van der Waals surface area contributed by atoms with Crippen LogP contribution in [0.25, 0.3) is 0 Å². The number of alkyl halides is 3. The molecule has 0 heterocycles. The third kappa shape index (κ3) is 4.60. The zero-order valence-corrected chi connectivity index (χ0v) is 11.7. The van der Waals surface area contributed by atoms with E-state index in [0.29, 0.717) is 6.07 Å². The van der Waals surface area contributed by atoms with Crippen LogP contribution >= 0.6 is 0 Å². The molecule has 118 valence electrons. The molecule has 0 aliphatic carbocycles. The van der Waals surface area contributed by atoms with Crippen molar-refractivity contribution in [1.29, 1.82) is 0 Å². The molecule has 3 N–H and O–H groups in total. The lowest BCUT2D eigenvalue weighted by Gasteiger charge is -2.23. The van der Waals surface area contributed by atoms with E-state index in [1.165, 1.54) is 7.05 Å². The number of nitrogens with two attached hydrogens (primary N) is 1. The molecule has 0 spiro atoms. The third-order valence-electron chi connectivity index (χ3n) is 2.67. The lowest BCUT2D eigenvalue weighted by Crippen LogP contribution is -2.25. The van der Waals surface area contributed by atoms with Crippen LogP contribution < -0.4 is 10.0 Å². The molecule has 21 heavy (non-hydrogen) atoms. The van der Waals surface area contributed by atoms with E-state index < -0.39 is 32.6 Å². The van der Waals surface area contributed by atoms with Gasteiger partial charge in [0, 0.05) is 19.3 Å². The number of halogens is 3. The second-order valence-electron chi connectivity index (χ2n) is 4.29. The molecule has 0 saturated heterocycles. The van der Waals surface area contributed by atoms with Crippen molar-refractivity contribution in [3.05, 3.63) is 23.8 Å².